The number of rotatable bonds is 5. The minimum Gasteiger partial charge on any atom is -0.339 e. The molecule has 0 spiro atoms. The van der Waals surface area contributed by atoms with Crippen LogP contribution in [0.15, 0.2) is 53.5 Å². The predicted octanol–water partition coefficient (Wildman–Crippen LogP) is 2.03. The van der Waals surface area contributed by atoms with Crippen LogP contribution in [0.2, 0.25) is 0 Å². The molecule has 0 saturated carbocycles. The molecule has 8 heteroatoms. The molecule has 0 bridgehead atoms. The molecule has 32 heavy (non-hydrogen) atoms. The summed E-state index contributed by atoms with van der Waals surface area (Å²) in [5.74, 6) is 0.00953. The van der Waals surface area contributed by atoms with Crippen LogP contribution >= 0.6 is 0 Å². The second kappa shape index (κ2) is 8.61. The lowest BCUT2D eigenvalue weighted by Gasteiger charge is -2.34. The summed E-state index contributed by atoms with van der Waals surface area (Å²) in [6.07, 6.45) is 4.67. The Bertz CT molecular complexity index is 1200. The lowest BCUT2D eigenvalue weighted by molar-refractivity contribution is -0.139. The zero-order chi connectivity index (χ0) is 22.1. The minimum atomic E-state index is -0.135. The number of fused-ring (bicyclic) bond motifs is 1. The molecular formula is C24H27N5O3. The third-order valence-corrected chi connectivity index (χ3v) is 6.52. The van der Waals surface area contributed by atoms with Gasteiger partial charge in [0.2, 0.25) is 11.8 Å². The quantitative estimate of drug-likeness (QED) is 0.617. The van der Waals surface area contributed by atoms with Gasteiger partial charge in [0, 0.05) is 32.3 Å². The monoisotopic (exact) mass is 433 g/mol. The molecule has 2 saturated heterocycles. The number of carbonyl (C=O) groups is 2. The highest BCUT2D eigenvalue weighted by Crippen LogP contribution is 2.25. The summed E-state index contributed by atoms with van der Waals surface area (Å²) in [7, 11) is 0. The van der Waals surface area contributed by atoms with Gasteiger partial charge in [-0.25, -0.2) is 9.78 Å². The number of imidazole rings is 1. The average Bonchev–Trinajstić information content (AvgIpc) is 3.35. The molecule has 8 nitrogen and oxygen atoms in total. The van der Waals surface area contributed by atoms with E-state index >= 15 is 0 Å². The highest BCUT2D eigenvalue weighted by molar-refractivity contribution is 5.86. The summed E-state index contributed by atoms with van der Waals surface area (Å²) in [6, 6.07) is 13.5. The zero-order valence-electron chi connectivity index (χ0n) is 18.0. The first kappa shape index (κ1) is 20.5. The van der Waals surface area contributed by atoms with Crippen molar-refractivity contribution in [3.63, 3.8) is 0 Å². The fraction of sp³-hybridized carbons (Fsp3) is 0.417. The van der Waals surface area contributed by atoms with Crippen molar-refractivity contribution in [2.45, 2.75) is 38.3 Å². The Morgan fingerprint density at radius 1 is 1.03 bits per heavy atom. The molecule has 2 aliphatic rings. The average molecular weight is 434 g/mol. The normalized spacial score (nSPS) is 19.1. The lowest BCUT2D eigenvalue weighted by Crippen LogP contribution is -2.47. The van der Waals surface area contributed by atoms with E-state index in [2.05, 4.69) is 4.98 Å². The van der Waals surface area contributed by atoms with Crippen molar-refractivity contribution in [1.82, 2.24) is 23.9 Å². The summed E-state index contributed by atoms with van der Waals surface area (Å²) in [6.45, 7) is 2.37. The molecule has 2 fully saturated rings. The number of aromatic nitrogens is 3. The number of nitrogens with zero attached hydrogens (tertiary/aromatic N) is 5. The number of benzene rings is 1. The molecule has 2 aliphatic heterocycles. The molecular weight excluding hydrogens is 406 g/mol. The van der Waals surface area contributed by atoms with Crippen LogP contribution in [-0.4, -0.2) is 61.9 Å². The van der Waals surface area contributed by atoms with Gasteiger partial charge in [-0.1, -0.05) is 30.3 Å². The maximum absolute atomic E-state index is 13.5. The van der Waals surface area contributed by atoms with Crippen molar-refractivity contribution in [2.24, 2.45) is 0 Å². The number of hydrogen-bond donors (Lipinski definition) is 0. The molecule has 0 N–H and O–H groups in total. The Labute approximate surface area is 186 Å². The molecule has 0 radical (unpaired) electrons. The topological polar surface area (TPSA) is 80.4 Å². The summed E-state index contributed by atoms with van der Waals surface area (Å²) in [5, 5.41) is 0. The Kier molecular flexibility index (Phi) is 5.51. The first-order valence-electron chi connectivity index (χ1n) is 11.3. The largest absolute Gasteiger partial charge is 0.339 e. The molecule has 1 atom stereocenters. The van der Waals surface area contributed by atoms with Gasteiger partial charge in [0.1, 0.15) is 0 Å². The van der Waals surface area contributed by atoms with Crippen molar-refractivity contribution in [3.05, 3.63) is 64.7 Å². The Balaban J connectivity index is 1.42. The summed E-state index contributed by atoms with van der Waals surface area (Å²) < 4.78 is 3.53. The van der Waals surface area contributed by atoms with Crippen LogP contribution in [-0.2, 0) is 16.1 Å². The van der Waals surface area contributed by atoms with Crippen LogP contribution in [0.1, 0.15) is 37.3 Å². The van der Waals surface area contributed by atoms with Crippen molar-refractivity contribution in [1.29, 1.82) is 0 Å². The number of piperidine rings is 1. The van der Waals surface area contributed by atoms with Crippen molar-refractivity contribution >= 4 is 23.0 Å². The van der Waals surface area contributed by atoms with E-state index in [-0.39, 0.29) is 30.1 Å². The summed E-state index contributed by atoms with van der Waals surface area (Å²) in [5.41, 5.74) is 2.40. The van der Waals surface area contributed by atoms with Crippen LogP contribution in [0.3, 0.4) is 0 Å². The zero-order valence-corrected chi connectivity index (χ0v) is 18.0. The SMILES string of the molecule is O=C1CCCN1CC(=O)N1CCC[C@H](n2c(=O)n(Cc3ccccc3)c3cccnc32)C1. The predicted molar refractivity (Wildman–Crippen MR) is 120 cm³/mol. The van der Waals surface area contributed by atoms with E-state index in [1.54, 1.807) is 25.1 Å². The van der Waals surface area contributed by atoms with E-state index in [0.29, 0.717) is 38.2 Å². The van der Waals surface area contributed by atoms with Gasteiger partial charge in [0.05, 0.1) is 24.6 Å². The molecule has 0 unspecified atom stereocenters. The third kappa shape index (κ3) is 3.81. The number of hydrogen-bond acceptors (Lipinski definition) is 4. The second-order valence-electron chi connectivity index (χ2n) is 8.63. The fourth-order valence-corrected chi connectivity index (χ4v) is 4.88. The van der Waals surface area contributed by atoms with Gasteiger partial charge in [-0.05, 0) is 37.0 Å². The standard InChI is InChI=1S/C24H27N5O3/c30-21-11-6-14-27(21)17-22(31)26-13-5-9-19(16-26)29-23-20(10-4-12-25-23)28(24(29)32)15-18-7-2-1-3-8-18/h1-4,7-8,10,12,19H,5-6,9,11,13-17H2/t19-/m0/s1. The molecule has 4 heterocycles. The Morgan fingerprint density at radius 3 is 2.66 bits per heavy atom. The molecule has 0 aliphatic carbocycles. The Morgan fingerprint density at radius 2 is 1.88 bits per heavy atom. The molecule has 5 rings (SSSR count). The van der Waals surface area contributed by atoms with E-state index in [1.165, 1.54) is 0 Å². The first-order chi connectivity index (χ1) is 15.6. The molecule has 2 amide bonds. The highest BCUT2D eigenvalue weighted by atomic mass is 16.2. The van der Waals surface area contributed by atoms with Crippen LogP contribution in [0.4, 0.5) is 0 Å². The van der Waals surface area contributed by atoms with Gasteiger partial charge in [-0.2, -0.15) is 0 Å². The van der Waals surface area contributed by atoms with Crippen molar-refractivity contribution in [3.8, 4) is 0 Å². The summed E-state index contributed by atoms with van der Waals surface area (Å²) in [4.78, 5) is 46.3. The van der Waals surface area contributed by atoms with Gasteiger partial charge in [-0.15, -0.1) is 0 Å². The maximum Gasteiger partial charge on any atom is 0.330 e. The van der Waals surface area contributed by atoms with Crippen LogP contribution in [0, 0.1) is 0 Å². The number of amides is 2. The van der Waals surface area contributed by atoms with E-state index in [9.17, 15) is 14.4 Å². The minimum absolute atomic E-state index is 0.0426. The van der Waals surface area contributed by atoms with Gasteiger partial charge >= 0.3 is 5.69 Å². The first-order valence-corrected chi connectivity index (χ1v) is 11.3. The summed E-state index contributed by atoms with van der Waals surface area (Å²) >= 11 is 0. The highest BCUT2D eigenvalue weighted by Gasteiger charge is 2.31. The van der Waals surface area contributed by atoms with Crippen molar-refractivity contribution < 1.29 is 9.59 Å². The number of likely N-dealkylation sites (tertiary alicyclic amines) is 2. The van der Waals surface area contributed by atoms with Crippen LogP contribution < -0.4 is 5.69 Å². The van der Waals surface area contributed by atoms with E-state index in [0.717, 1.165) is 30.3 Å². The van der Waals surface area contributed by atoms with Crippen LogP contribution in [0.25, 0.3) is 11.2 Å². The van der Waals surface area contributed by atoms with Gasteiger partial charge in [0.25, 0.3) is 0 Å². The van der Waals surface area contributed by atoms with Gasteiger partial charge < -0.3 is 9.80 Å². The smallest absolute Gasteiger partial charge is 0.330 e. The van der Waals surface area contributed by atoms with Gasteiger partial charge in [-0.3, -0.25) is 18.7 Å². The van der Waals surface area contributed by atoms with E-state index in [1.807, 2.05) is 42.5 Å². The molecule has 2 aromatic heterocycles. The molecule has 166 valence electrons. The van der Waals surface area contributed by atoms with E-state index < -0.39 is 0 Å². The number of pyridine rings is 1. The maximum atomic E-state index is 13.5. The van der Waals surface area contributed by atoms with Gasteiger partial charge in [0.15, 0.2) is 5.65 Å². The third-order valence-electron chi connectivity index (χ3n) is 6.52. The lowest BCUT2D eigenvalue weighted by atomic mass is 10.1. The number of carbonyl (C=O) groups excluding carboxylic acids is 2. The Hall–Kier alpha value is -3.42. The van der Waals surface area contributed by atoms with E-state index in [4.69, 9.17) is 0 Å². The second-order valence-corrected chi connectivity index (χ2v) is 8.63. The van der Waals surface area contributed by atoms with Crippen LogP contribution in [0.5, 0.6) is 0 Å². The molecule has 3 aromatic rings. The van der Waals surface area contributed by atoms with Crippen molar-refractivity contribution in [2.75, 3.05) is 26.2 Å². The fourth-order valence-electron chi connectivity index (χ4n) is 4.88. The molecule has 1 aromatic carbocycles.